The van der Waals surface area contributed by atoms with Crippen LogP contribution in [0.4, 0.5) is 0 Å². The van der Waals surface area contributed by atoms with Crippen LogP contribution in [0.3, 0.4) is 0 Å². The second-order valence-corrected chi connectivity index (χ2v) is 23.5. The fraction of sp³-hybridized carbons (Fsp3) is 0.730. The minimum Gasteiger partial charge on any atom is -0.454 e. The van der Waals surface area contributed by atoms with E-state index in [0.717, 1.165) is 128 Å². The summed E-state index contributed by atoms with van der Waals surface area (Å²) in [6, 6.07) is -1.04. The van der Waals surface area contributed by atoms with E-state index in [0.29, 0.717) is 12.8 Å². The summed E-state index contributed by atoms with van der Waals surface area (Å²) in [4.78, 5) is 26.7. The third-order valence-electron chi connectivity index (χ3n) is 15.7. The molecule has 8 unspecified atom stereocenters. The summed E-state index contributed by atoms with van der Waals surface area (Å²) in [5.41, 5.74) is 0. The van der Waals surface area contributed by atoms with E-state index in [9.17, 15) is 35.1 Å². The Balaban J connectivity index is 2.63. The first kappa shape index (κ1) is 79.3. The molecular formula is C74H127NO10. The Bertz CT molecular complexity index is 1800. The average molecular weight is 1190 g/mol. The normalized spacial score (nSPS) is 19.1. The molecule has 0 radical (unpaired) electrons. The summed E-state index contributed by atoms with van der Waals surface area (Å²) < 4.78 is 17.7. The van der Waals surface area contributed by atoms with Crippen LogP contribution in [0.15, 0.2) is 109 Å². The molecule has 85 heavy (non-hydrogen) atoms. The Labute approximate surface area is 519 Å². The molecule has 0 saturated carbocycles. The van der Waals surface area contributed by atoms with Crippen LogP contribution >= 0.6 is 0 Å². The molecule has 1 rings (SSSR count). The molecule has 0 aliphatic carbocycles. The van der Waals surface area contributed by atoms with Crippen molar-refractivity contribution in [1.29, 1.82) is 0 Å². The number of hydrogen-bond acceptors (Lipinski definition) is 10. The highest BCUT2D eigenvalue weighted by atomic mass is 16.7. The van der Waals surface area contributed by atoms with Crippen molar-refractivity contribution < 1.29 is 49.3 Å². The fourth-order valence-corrected chi connectivity index (χ4v) is 10.2. The summed E-state index contributed by atoms with van der Waals surface area (Å²) in [5, 5.41) is 57.2. The van der Waals surface area contributed by atoms with E-state index in [2.05, 4.69) is 123 Å². The van der Waals surface area contributed by atoms with Gasteiger partial charge in [-0.1, -0.05) is 278 Å². The van der Waals surface area contributed by atoms with Crippen molar-refractivity contribution >= 4 is 11.9 Å². The lowest BCUT2D eigenvalue weighted by molar-refractivity contribution is -0.305. The van der Waals surface area contributed by atoms with Gasteiger partial charge in [-0.15, -0.1) is 0 Å². The van der Waals surface area contributed by atoms with Gasteiger partial charge in [-0.3, -0.25) is 9.59 Å². The van der Waals surface area contributed by atoms with Crippen molar-refractivity contribution in [3.63, 3.8) is 0 Å². The average Bonchev–Trinajstić information content (AvgIpc) is 3.34. The van der Waals surface area contributed by atoms with Crippen LogP contribution in [0.25, 0.3) is 0 Å². The maximum Gasteiger partial charge on any atom is 0.306 e. The van der Waals surface area contributed by atoms with Crippen LogP contribution in [-0.4, -0.2) is 99.6 Å². The molecule has 1 heterocycles. The molecule has 1 fully saturated rings. The molecule has 11 heteroatoms. The Morgan fingerprint density at radius 2 is 0.847 bits per heavy atom. The highest BCUT2D eigenvalue weighted by Gasteiger charge is 2.47. The van der Waals surface area contributed by atoms with Gasteiger partial charge < -0.3 is 45.1 Å². The highest BCUT2D eigenvalue weighted by molar-refractivity contribution is 5.80. The Morgan fingerprint density at radius 3 is 1.29 bits per heavy atom. The van der Waals surface area contributed by atoms with Crippen molar-refractivity contribution in [1.82, 2.24) is 5.32 Å². The number of unbranched alkanes of at least 4 members (excludes halogenated alkanes) is 28. The SMILES string of the molecule is CC/C=C\C/C=C\C/C=C\C/C=C\C/C=C\C/C=C\CCCCCCCCC(=O)OC1C(OCC(NC(=O)C(O)CCCCCCCCCC/C=C\C/C=C\CCCCC)C(O)/C=C/CCCCCCCCCCCCC)OC(CO)C(O)C1O. The maximum absolute atomic E-state index is 13.5. The number of aliphatic hydroxyl groups is 5. The van der Waals surface area contributed by atoms with Gasteiger partial charge in [0.15, 0.2) is 12.4 Å². The Morgan fingerprint density at radius 1 is 0.471 bits per heavy atom. The predicted octanol–water partition coefficient (Wildman–Crippen LogP) is 17.6. The molecule has 11 nitrogen and oxygen atoms in total. The summed E-state index contributed by atoms with van der Waals surface area (Å²) >= 11 is 0. The zero-order valence-electron chi connectivity index (χ0n) is 54.2. The maximum atomic E-state index is 13.5. The van der Waals surface area contributed by atoms with E-state index in [-0.39, 0.29) is 19.4 Å². The second-order valence-electron chi connectivity index (χ2n) is 23.5. The minimum atomic E-state index is -1.63. The number of aliphatic hydroxyl groups excluding tert-OH is 5. The van der Waals surface area contributed by atoms with Gasteiger partial charge >= 0.3 is 5.97 Å². The van der Waals surface area contributed by atoms with E-state index in [1.54, 1.807) is 6.08 Å². The Kier molecular flexibility index (Phi) is 56.6. The number of ether oxygens (including phenoxy) is 3. The van der Waals surface area contributed by atoms with Crippen LogP contribution in [0, 0.1) is 0 Å². The topological polar surface area (TPSA) is 175 Å². The van der Waals surface area contributed by atoms with E-state index in [4.69, 9.17) is 14.2 Å². The smallest absolute Gasteiger partial charge is 0.306 e. The molecule has 1 aliphatic heterocycles. The van der Waals surface area contributed by atoms with Gasteiger partial charge in [0, 0.05) is 6.42 Å². The van der Waals surface area contributed by atoms with Crippen molar-refractivity contribution in [2.24, 2.45) is 0 Å². The van der Waals surface area contributed by atoms with Gasteiger partial charge in [-0.2, -0.15) is 0 Å². The van der Waals surface area contributed by atoms with Gasteiger partial charge in [0.1, 0.15) is 24.4 Å². The first-order valence-corrected chi connectivity index (χ1v) is 34.7. The minimum absolute atomic E-state index is 0.100. The van der Waals surface area contributed by atoms with Gasteiger partial charge in [0.25, 0.3) is 0 Å². The van der Waals surface area contributed by atoms with Crippen molar-refractivity contribution in [2.45, 2.75) is 333 Å². The number of amides is 1. The lowest BCUT2D eigenvalue weighted by Crippen LogP contribution is -2.61. The molecule has 0 aromatic heterocycles. The van der Waals surface area contributed by atoms with Crippen LogP contribution < -0.4 is 5.32 Å². The van der Waals surface area contributed by atoms with Gasteiger partial charge in [0.2, 0.25) is 5.91 Å². The van der Waals surface area contributed by atoms with Crippen molar-refractivity contribution in [2.75, 3.05) is 13.2 Å². The summed E-state index contributed by atoms with van der Waals surface area (Å²) in [6.07, 6.45) is 72.5. The number of nitrogens with one attached hydrogen (secondary N) is 1. The van der Waals surface area contributed by atoms with E-state index in [1.165, 1.54) is 109 Å². The second kappa shape index (κ2) is 60.6. The third-order valence-corrected chi connectivity index (χ3v) is 15.7. The summed E-state index contributed by atoms with van der Waals surface area (Å²) in [6.45, 7) is 5.66. The van der Waals surface area contributed by atoms with Gasteiger partial charge in [-0.05, 0) is 109 Å². The summed E-state index contributed by atoms with van der Waals surface area (Å²) in [5.74, 6) is -1.22. The fourth-order valence-electron chi connectivity index (χ4n) is 10.2. The summed E-state index contributed by atoms with van der Waals surface area (Å²) in [7, 11) is 0. The van der Waals surface area contributed by atoms with Gasteiger partial charge in [0.05, 0.1) is 25.4 Å². The zero-order valence-corrected chi connectivity index (χ0v) is 54.2. The van der Waals surface area contributed by atoms with E-state index >= 15 is 0 Å². The number of carbonyl (C=O) groups excluding carboxylic acids is 2. The van der Waals surface area contributed by atoms with Crippen LogP contribution in [0.5, 0.6) is 0 Å². The van der Waals surface area contributed by atoms with Gasteiger partial charge in [-0.25, -0.2) is 0 Å². The van der Waals surface area contributed by atoms with Crippen molar-refractivity contribution in [3.05, 3.63) is 109 Å². The molecule has 1 saturated heterocycles. The number of esters is 1. The van der Waals surface area contributed by atoms with Crippen LogP contribution in [0.2, 0.25) is 0 Å². The van der Waals surface area contributed by atoms with Crippen LogP contribution in [-0.2, 0) is 23.8 Å². The standard InChI is InChI=1S/C74H127NO10/c1-4-7-10-13-16-19-22-25-27-29-31-32-33-34-35-36-37-39-41-44-47-50-53-56-59-62-69(79)85-72-71(81)70(80)68(63-76)84-74(72)83-64-65(66(77)60-57-54-51-48-45-42-24-21-18-15-12-9-6-3)75-73(82)67(78)61-58-55-52-49-46-43-40-38-30-28-26-23-20-17-14-11-8-5-2/h7,10,16-17,19-20,25-28,31-32,34-35,37,39,57,60,65-68,70-72,74,76-78,80-81H,4-6,8-9,11-15,18,21-24,29-30,33,36,38,40-56,58-59,61-64H2,1-3H3,(H,75,82)/b10-7-,19-16-,20-17-,27-25-,28-26-,32-31-,35-34-,39-37-,60-57+. The van der Waals surface area contributed by atoms with E-state index in [1.807, 2.05) is 6.08 Å². The molecule has 0 spiro atoms. The Hall–Kier alpha value is -3.68. The zero-order chi connectivity index (χ0) is 61.7. The molecule has 488 valence electrons. The molecule has 8 atom stereocenters. The number of rotatable bonds is 58. The van der Waals surface area contributed by atoms with Crippen molar-refractivity contribution in [3.8, 4) is 0 Å². The number of hydrogen-bond donors (Lipinski definition) is 6. The third kappa shape index (κ3) is 48.0. The molecule has 1 amide bonds. The molecule has 0 aromatic rings. The molecule has 6 N–H and O–H groups in total. The van der Waals surface area contributed by atoms with E-state index < -0.39 is 67.4 Å². The first-order valence-electron chi connectivity index (χ1n) is 34.7. The molecule has 0 bridgehead atoms. The molecular weight excluding hydrogens is 1060 g/mol. The number of carbonyl (C=O) groups is 2. The quantitative estimate of drug-likeness (QED) is 0.0195. The monoisotopic (exact) mass is 1190 g/mol. The largest absolute Gasteiger partial charge is 0.454 e. The molecule has 0 aromatic carbocycles. The van der Waals surface area contributed by atoms with Crippen LogP contribution in [0.1, 0.15) is 284 Å². The number of allylic oxidation sites excluding steroid dienone is 17. The first-order chi connectivity index (χ1) is 41.7. The highest BCUT2D eigenvalue weighted by Crippen LogP contribution is 2.26. The molecule has 1 aliphatic rings. The lowest BCUT2D eigenvalue weighted by atomic mass is 9.99. The lowest BCUT2D eigenvalue weighted by Gasteiger charge is -2.41. The predicted molar refractivity (Wildman–Crippen MR) is 356 cm³/mol.